The highest BCUT2D eigenvalue weighted by atomic mass is 16.6. The number of benzene rings is 3. The molecule has 0 saturated carbocycles. The van der Waals surface area contributed by atoms with Crippen LogP contribution in [0, 0.1) is 0 Å². The molecule has 0 saturated heterocycles. The van der Waals surface area contributed by atoms with Gasteiger partial charge in [-0.1, -0.05) is 24.3 Å². The molecule has 3 aromatic rings. The molecule has 3 rings (SSSR count). The van der Waals surface area contributed by atoms with E-state index in [-0.39, 0.29) is 13.0 Å². The molecule has 0 radical (unpaired) electrons. The number of carbonyl (C=O) groups is 1. The van der Waals surface area contributed by atoms with E-state index in [0.717, 1.165) is 11.3 Å². The quantitative estimate of drug-likeness (QED) is 0.325. The highest BCUT2D eigenvalue weighted by Crippen LogP contribution is 2.25. The molecule has 0 aromatic heterocycles. The molecule has 0 unspecified atom stereocenters. The third-order valence-corrected chi connectivity index (χ3v) is 4.49. The summed E-state index contributed by atoms with van der Waals surface area (Å²) >= 11 is 0. The molecule has 7 heteroatoms. The lowest BCUT2D eigenvalue weighted by molar-refractivity contribution is -0.752. The summed E-state index contributed by atoms with van der Waals surface area (Å²) in [6.07, 6.45) is -0.121. The van der Waals surface area contributed by atoms with Crippen molar-refractivity contribution in [3.05, 3.63) is 83.9 Å². The number of aliphatic carboxylic acids is 1. The summed E-state index contributed by atoms with van der Waals surface area (Å²) < 4.78 is 17.5. The third-order valence-electron chi connectivity index (χ3n) is 4.49. The van der Waals surface area contributed by atoms with Gasteiger partial charge in [-0.3, -0.25) is 9.63 Å². The van der Waals surface area contributed by atoms with Crippen LogP contribution >= 0.6 is 0 Å². The van der Waals surface area contributed by atoms with Gasteiger partial charge in [0.05, 0.1) is 18.6 Å². The van der Waals surface area contributed by atoms with Gasteiger partial charge in [-0.25, -0.2) is 0 Å². The molecule has 3 aromatic carbocycles. The van der Waals surface area contributed by atoms with Gasteiger partial charge in [0.2, 0.25) is 0 Å². The highest BCUT2D eigenvalue weighted by Gasteiger charge is 2.15. The maximum atomic E-state index is 11.2. The van der Waals surface area contributed by atoms with Gasteiger partial charge in [-0.2, -0.15) is 0 Å². The van der Waals surface area contributed by atoms with Crippen molar-refractivity contribution in [3.8, 4) is 23.0 Å². The Hall–Kier alpha value is -4.00. The summed E-state index contributed by atoms with van der Waals surface area (Å²) in [5, 5.41) is 12.1. The standard InChI is InChI=1S/C26H27NO6/c1-3-30-23-13-19(15-26(28)29)14-24(17-23)31-18-25(27-32-4-2)20-9-8-12-22(16-20)33-21-10-6-5-7-11-21/h5-14,16-17H,3-4,15,18H2,1-2H3,(H,28,29)/p+1/b27-25+. The number of para-hydroxylation sites is 1. The SMILES string of the molecule is CCO/[NH+]=C(\COc1cc(CC(=O)O)cc(OCC)c1)c1cccc(Oc2ccccc2)c1. The van der Waals surface area contributed by atoms with Crippen LogP contribution in [0.2, 0.25) is 0 Å². The van der Waals surface area contributed by atoms with E-state index in [1.54, 1.807) is 18.2 Å². The molecule has 0 atom stereocenters. The van der Waals surface area contributed by atoms with Gasteiger partial charge >= 0.3 is 5.97 Å². The molecule has 0 aliphatic rings. The summed E-state index contributed by atoms with van der Waals surface area (Å²) in [4.78, 5) is 16.6. The highest BCUT2D eigenvalue weighted by molar-refractivity contribution is 5.97. The minimum Gasteiger partial charge on any atom is -0.494 e. The van der Waals surface area contributed by atoms with Crippen molar-refractivity contribution >= 4 is 11.7 Å². The number of nitrogens with one attached hydrogen (secondary N) is 1. The number of hydrogen-bond acceptors (Lipinski definition) is 5. The van der Waals surface area contributed by atoms with E-state index in [4.69, 9.17) is 24.2 Å². The Morgan fingerprint density at radius 2 is 1.55 bits per heavy atom. The minimum absolute atomic E-state index is 0.121. The summed E-state index contributed by atoms with van der Waals surface area (Å²) in [5.41, 5.74) is 2.13. The molecule has 0 spiro atoms. The largest absolute Gasteiger partial charge is 0.494 e. The number of rotatable bonds is 12. The number of carboxylic acid groups (broad SMARTS) is 1. The van der Waals surface area contributed by atoms with Gasteiger partial charge in [0.25, 0.3) is 5.71 Å². The molecule has 172 valence electrons. The fourth-order valence-electron chi connectivity index (χ4n) is 3.10. The molecule has 0 aliphatic carbocycles. The van der Waals surface area contributed by atoms with Crippen molar-refractivity contribution in [2.45, 2.75) is 20.3 Å². The third kappa shape index (κ3) is 7.57. The molecule has 33 heavy (non-hydrogen) atoms. The van der Waals surface area contributed by atoms with E-state index in [1.165, 1.54) is 0 Å². The molecule has 0 bridgehead atoms. The summed E-state index contributed by atoms with van der Waals surface area (Å²) in [5.74, 6) is 1.56. The van der Waals surface area contributed by atoms with Gasteiger partial charge in [-0.05, 0) is 67.0 Å². The van der Waals surface area contributed by atoms with Gasteiger partial charge in [0.15, 0.2) is 13.2 Å². The Kier molecular flexibility index (Phi) is 8.71. The molecule has 2 N–H and O–H groups in total. The summed E-state index contributed by atoms with van der Waals surface area (Å²) in [6, 6.07) is 22.3. The van der Waals surface area contributed by atoms with Crippen LogP contribution in [0.5, 0.6) is 23.0 Å². The average molecular weight is 451 g/mol. The van der Waals surface area contributed by atoms with Crippen LogP contribution in [-0.4, -0.2) is 36.6 Å². The zero-order valence-corrected chi connectivity index (χ0v) is 18.7. The van der Waals surface area contributed by atoms with Crippen molar-refractivity contribution in [2.75, 3.05) is 19.8 Å². The van der Waals surface area contributed by atoms with E-state index in [2.05, 4.69) is 5.16 Å². The lowest BCUT2D eigenvalue weighted by Gasteiger charge is -2.11. The lowest BCUT2D eigenvalue weighted by atomic mass is 10.1. The fraction of sp³-hybridized carbons (Fsp3) is 0.231. The first kappa shape index (κ1) is 23.7. The van der Waals surface area contributed by atoms with E-state index < -0.39 is 5.97 Å². The Morgan fingerprint density at radius 3 is 2.24 bits per heavy atom. The van der Waals surface area contributed by atoms with E-state index >= 15 is 0 Å². The van der Waals surface area contributed by atoms with Gasteiger partial charge in [0, 0.05) is 6.07 Å². The lowest BCUT2D eigenvalue weighted by Crippen LogP contribution is -2.73. The van der Waals surface area contributed by atoms with Crippen LogP contribution in [-0.2, 0) is 16.1 Å². The number of ether oxygens (including phenoxy) is 3. The van der Waals surface area contributed by atoms with Crippen molar-refractivity contribution < 1.29 is 34.1 Å². The van der Waals surface area contributed by atoms with Crippen LogP contribution in [0.1, 0.15) is 25.0 Å². The van der Waals surface area contributed by atoms with E-state index in [1.807, 2.05) is 68.4 Å². The fourth-order valence-corrected chi connectivity index (χ4v) is 3.10. The van der Waals surface area contributed by atoms with Crippen LogP contribution in [0.25, 0.3) is 0 Å². The van der Waals surface area contributed by atoms with Gasteiger partial charge < -0.3 is 19.3 Å². The van der Waals surface area contributed by atoms with Crippen molar-refractivity contribution in [3.63, 3.8) is 0 Å². The minimum atomic E-state index is -0.921. The van der Waals surface area contributed by atoms with Crippen molar-refractivity contribution in [1.29, 1.82) is 0 Å². The normalized spacial score (nSPS) is 11.0. The number of carboxylic acids is 1. The second kappa shape index (κ2) is 12.1. The molecular formula is C26H28NO6+. The Labute approximate surface area is 193 Å². The first-order valence-corrected chi connectivity index (χ1v) is 10.8. The van der Waals surface area contributed by atoms with Crippen molar-refractivity contribution in [2.24, 2.45) is 0 Å². The van der Waals surface area contributed by atoms with Crippen LogP contribution in [0.15, 0.2) is 72.8 Å². The molecule has 0 fully saturated rings. The van der Waals surface area contributed by atoms with Crippen molar-refractivity contribution in [1.82, 2.24) is 0 Å². The topological polar surface area (TPSA) is 88.2 Å². The molecular weight excluding hydrogens is 422 g/mol. The smallest absolute Gasteiger partial charge is 0.307 e. The van der Waals surface area contributed by atoms with Gasteiger partial charge in [-0.15, -0.1) is 0 Å². The molecule has 0 heterocycles. The molecule has 0 aliphatic heterocycles. The van der Waals surface area contributed by atoms with Gasteiger partial charge in [0.1, 0.15) is 23.0 Å². The van der Waals surface area contributed by atoms with E-state index in [0.29, 0.717) is 41.7 Å². The maximum Gasteiger partial charge on any atom is 0.307 e. The maximum absolute atomic E-state index is 11.2. The Bertz CT molecular complexity index is 1080. The first-order valence-electron chi connectivity index (χ1n) is 10.8. The predicted molar refractivity (Wildman–Crippen MR) is 124 cm³/mol. The zero-order valence-electron chi connectivity index (χ0n) is 18.7. The molecule has 0 amide bonds. The summed E-state index contributed by atoms with van der Waals surface area (Å²) in [7, 11) is 0. The Balaban J connectivity index is 1.80. The van der Waals surface area contributed by atoms with E-state index in [9.17, 15) is 4.79 Å². The van der Waals surface area contributed by atoms with Crippen LogP contribution in [0.3, 0.4) is 0 Å². The Morgan fingerprint density at radius 1 is 0.818 bits per heavy atom. The average Bonchev–Trinajstić information content (AvgIpc) is 2.80. The predicted octanol–water partition coefficient (Wildman–Crippen LogP) is 3.40. The van der Waals surface area contributed by atoms with Crippen LogP contribution in [0.4, 0.5) is 0 Å². The number of hydrogen-bond donors (Lipinski definition) is 2. The van der Waals surface area contributed by atoms with Crippen LogP contribution < -0.4 is 19.4 Å². The second-order valence-electron chi connectivity index (χ2n) is 7.06. The zero-order chi connectivity index (χ0) is 23.5. The second-order valence-corrected chi connectivity index (χ2v) is 7.06. The summed E-state index contributed by atoms with van der Waals surface area (Å²) in [6.45, 7) is 4.84. The first-order chi connectivity index (χ1) is 16.1. The molecule has 7 nitrogen and oxygen atoms in total. The monoisotopic (exact) mass is 450 g/mol.